The Bertz CT molecular complexity index is 558. The van der Waals surface area contributed by atoms with Crippen molar-refractivity contribution < 1.29 is 14.6 Å². The highest BCUT2D eigenvalue weighted by molar-refractivity contribution is 5.83. The molecular weight excluding hydrogens is 240 g/mol. The molecule has 1 N–H and O–H groups in total. The Morgan fingerprint density at radius 3 is 2.37 bits per heavy atom. The molecule has 0 bridgehead atoms. The third-order valence-corrected chi connectivity index (χ3v) is 2.87. The van der Waals surface area contributed by atoms with Crippen LogP contribution >= 0.6 is 0 Å². The van der Waals surface area contributed by atoms with E-state index in [9.17, 15) is 9.90 Å². The molecule has 0 spiro atoms. The van der Waals surface area contributed by atoms with Crippen molar-refractivity contribution in [2.75, 3.05) is 7.11 Å². The molecule has 0 saturated heterocycles. The molecule has 0 fully saturated rings. The van der Waals surface area contributed by atoms with Gasteiger partial charge in [0.2, 0.25) is 0 Å². The van der Waals surface area contributed by atoms with Crippen molar-refractivity contribution in [1.29, 1.82) is 0 Å². The van der Waals surface area contributed by atoms with Crippen LogP contribution in [0.5, 0.6) is 11.5 Å². The van der Waals surface area contributed by atoms with Crippen LogP contribution in [0.3, 0.4) is 0 Å². The highest BCUT2D eigenvalue weighted by Gasteiger charge is 2.06. The van der Waals surface area contributed by atoms with E-state index in [2.05, 4.69) is 0 Å². The Hall–Kier alpha value is -2.29. The smallest absolute Gasteiger partial charge is 0.141 e. The van der Waals surface area contributed by atoms with E-state index in [1.165, 1.54) is 0 Å². The van der Waals surface area contributed by atoms with E-state index in [0.717, 1.165) is 16.9 Å². The second-order valence-electron chi connectivity index (χ2n) is 4.41. The van der Waals surface area contributed by atoms with Crippen molar-refractivity contribution in [3.8, 4) is 11.5 Å². The fraction of sp³-hybridized carbons (Fsp3) is 0.188. The molecule has 19 heavy (non-hydrogen) atoms. The molecule has 0 unspecified atom stereocenters. The van der Waals surface area contributed by atoms with Crippen molar-refractivity contribution in [3.05, 3.63) is 59.7 Å². The third kappa shape index (κ3) is 3.85. The van der Waals surface area contributed by atoms with Gasteiger partial charge in [-0.05, 0) is 35.4 Å². The summed E-state index contributed by atoms with van der Waals surface area (Å²) in [6.07, 6.45) is 0.722. The summed E-state index contributed by atoms with van der Waals surface area (Å²) in [6, 6.07) is 14.3. The van der Waals surface area contributed by atoms with Crippen LogP contribution < -0.4 is 4.74 Å². The Kier molecular flexibility index (Phi) is 4.18. The molecule has 2 aromatic rings. The second-order valence-corrected chi connectivity index (χ2v) is 4.41. The first-order chi connectivity index (χ1) is 9.17. The van der Waals surface area contributed by atoms with Crippen molar-refractivity contribution in [2.45, 2.75) is 12.8 Å². The van der Waals surface area contributed by atoms with Crippen LogP contribution in [0, 0.1) is 0 Å². The standard InChI is InChI=1S/C16H16O3/c1-19-16-7-5-12(6-8-16)9-15(18)11-13-3-2-4-14(17)10-13/h2-8,10,17H,9,11H2,1H3. The quantitative estimate of drug-likeness (QED) is 0.894. The van der Waals surface area contributed by atoms with Gasteiger partial charge in [-0.25, -0.2) is 0 Å². The van der Waals surface area contributed by atoms with Crippen molar-refractivity contribution in [2.24, 2.45) is 0 Å². The number of hydrogen-bond acceptors (Lipinski definition) is 3. The molecule has 0 aromatic heterocycles. The Labute approximate surface area is 112 Å². The van der Waals surface area contributed by atoms with Gasteiger partial charge < -0.3 is 9.84 Å². The van der Waals surface area contributed by atoms with Gasteiger partial charge in [-0.2, -0.15) is 0 Å². The van der Waals surface area contributed by atoms with Gasteiger partial charge in [0.05, 0.1) is 7.11 Å². The minimum absolute atomic E-state index is 0.121. The SMILES string of the molecule is COc1ccc(CC(=O)Cc2cccc(O)c2)cc1. The number of methoxy groups -OCH3 is 1. The number of phenolic OH excluding ortho intramolecular Hbond substituents is 1. The normalized spacial score (nSPS) is 10.2. The molecule has 2 aromatic carbocycles. The van der Waals surface area contributed by atoms with Crippen molar-refractivity contribution >= 4 is 5.78 Å². The molecule has 0 aliphatic heterocycles. The first-order valence-corrected chi connectivity index (χ1v) is 6.10. The second kappa shape index (κ2) is 6.05. The van der Waals surface area contributed by atoms with E-state index in [0.29, 0.717) is 12.8 Å². The topological polar surface area (TPSA) is 46.5 Å². The first-order valence-electron chi connectivity index (χ1n) is 6.10. The Morgan fingerprint density at radius 1 is 1.05 bits per heavy atom. The lowest BCUT2D eigenvalue weighted by Crippen LogP contribution is -2.06. The van der Waals surface area contributed by atoms with Crippen LogP contribution in [0.25, 0.3) is 0 Å². The van der Waals surface area contributed by atoms with Gasteiger partial charge in [-0.15, -0.1) is 0 Å². The number of ketones is 1. The molecular formula is C16H16O3. The molecule has 3 heteroatoms. The van der Waals surface area contributed by atoms with E-state index in [4.69, 9.17) is 4.74 Å². The van der Waals surface area contributed by atoms with E-state index in [1.54, 1.807) is 25.3 Å². The Morgan fingerprint density at radius 2 is 1.74 bits per heavy atom. The zero-order chi connectivity index (χ0) is 13.7. The summed E-state index contributed by atoms with van der Waals surface area (Å²) >= 11 is 0. The minimum Gasteiger partial charge on any atom is -0.508 e. The number of hydrogen-bond donors (Lipinski definition) is 1. The van der Waals surface area contributed by atoms with Gasteiger partial charge in [0.15, 0.2) is 0 Å². The summed E-state index contributed by atoms with van der Waals surface area (Å²) in [4.78, 5) is 11.9. The molecule has 0 saturated carbocycles. The number of carbonyl (C=O) groups is 1. The fourth-order valence-corrected chi connectivity index (χ4v) is 1.93. The highest BCUT2D eigenvalue weighted by Crippen LogP contribution is 2.14. The summed E-state index contributed by atoms with van der Waals surface area (Å²) in [5.74, 6) is 1.09. The molecule has 0 radical (unpaired) electrons. The first kappa shape index (κ1) is 13.1. The summed E-state index contributed by atoms with van der Waals surface area (Å²) < 4.78 is 5.07. The maximum Gasteiger partial charge on any atom is 0.141 e. The predicted molar refractivity (Wildman–Crippen MR) is 73.5 cm³/mol. The zero-order valence-corrected chi connectivity index (χ0v) is 10.8. The maximum absolute atomic E-state index is 11.9. The highest BCUT2D eigenvalue weighted by atomic mass is 16.5. The van der Waals surface area contributed by atoms with Crippen LogP contribution in [0.2, 0.25) is 0 Å². The van der Waals surface area contributed by atoms with Gasteiger partial charge in [0, 0.05) is 12.8 Å². The van der Waals surface area contributed by atoms with Crippen molar-refractivity contribution in [3.63, 3.8) is 0 Å². The number of carbonyl (C=O) groups excluding carboxylic acids is 1. The number of rotatable bonds is 5. The van der Waals surface area contributed by atoms with E-state index in [-0.39, 0.29) is 11.5 Å². The van der Waals surface area contributed by atoms with Gasteiger partial charge in [0.1, 0.15) is 17.3 Å². The van der Waals surface area contributed by atoms with Gasteiger partial charge in [-0.3, -0.25) is 4.79 Å². The molecule has 98 valence electrons. The monoisotopic (exact) mass is 256 g/mol. The lowest BCUT2D eigenvalue weighted by atomic mass is 10.0. The lowest BCUT2D eigenvalue weighted by molar-refractivity contribution is -0.117. The maximum atomic E-state index is 11.9. The summed E-state index contributed by atoms with van der Waals surface area (Å²) in [7, 11) is 1.61. The summed E-state index contributed by atoms with van der Waals surface area (Å²) in [5, 5.41) is 9.35. The molecule has 0 amide bonds. The van der Waals surface area contributed by atoms with Gasteiger partial charge >= 0.3 is 0 Å². The predicted octanol–water partition coefficient (Wildman–Crippen LogP) is 2.76. The molecule has 0 aliphatic rings. The number of ether oxygens (including phenoxy) is 1. The number of Topliss-reactive ketones (excluding diaryl/α,β-unsaturated/α-hetero) is 1. The van der Waals surface area contributed by atoms with E-state index >= 15 is 0 Å². The number of aromatic hydroxyl groups is 1. The van der Waals surface area contributed by atoms with Crippen LogP contribution in [0.15, 0.2) is 48.5 Å². The van der Waals surface area contributed by atoms with Gasteiger partial charge in [-0.1, -0.05) is 24.3 Å². The molecule has 2 rings (SSSR count). The third-order valence-electron chi connectivity index (χ3n) is 2.87. The van der Waals surface area contributed by atoms with E-state index in [1.807, 2.05) is 30.3 Å². The molecule has 3 nitrogen and oxygen atoms in total. The average Bonchev–Trinajstić information content (AvgIpc) is 2.39. The van der Waals surface area contributed by atoms with Gasteiger partial charge in [0.25, 0.3) is 0 Å². The van der Waals surface area contributed by atoms with Crippen LogP contribution in [-0.2, 0) is 17.6 Å². The molecule has 0 heterocycles. The number of phenols is 1. The molecule has 0 atom stereocenters. The van der Waals surface area contributed by atoms with Crippen molar-refractivity contribution in [1.82, 2.24) is 0 Å². The van der Waals surface area contributed by atoms with E-state index < -0.39 is 0 Å². The van der Waals surface area contributed by atoms with Crippen LogP contribution in [-0.4, -0.2) is 18.0 Å². The zero-order valence-electron chi connectivity index (χ0n) is 10.8. The Balaban J connectivity index is 1.97. The number of benzene rings is 2. The average molecular weight is 256 g/mol. The van der Waals surface area contributed by atoms with Crippen LogP contribution in [0.1, 0.15) is 11.1 Å². The summed E-state index contributed by atoms with van der Waals surface area (Å²) in [5.41, 5.74) is 1.80. The summed E-state index contributed by atoms with van der Waals surface area (Å²) in [6.45, 7) is 0. The van der Waals surface area contributed by atoms with Crippen LogP contribution in [0.4, 0.5) is 0 Å². The largest absolute Gasteiger partial charge is 0.508 e. The molecule has 0 aliphatic carbocycles. The lowest BCUT2D eigenvalue weighted by Gasteiger charge is -2.04. The minimum atomic E-state index is 0.121. The fourth-order valence-electron chi connectivity index (χ4n) is 1.93.